The first kappa shape index (κ1) is 20.3. The van der Waals surface area contributed by atoms with Crippen molar-refractivity contribution >= 4 is 28.6 Å². The van der Waals surface area contributed by atoms with E-state index in [1.165, 1.54) is 0 Å². The van der Waals surface area contributed by atoms with Crippen LogP contribution in [0.5, 0.6) is 0 Å². The summed E-state index contributed by atoms with van der Waals surface area (Å²) in [5.41, 5.74) is 4.52. The summed E-state index contributed by atoms with van der Waals surface area (Å²) >= 11 is 0. The minimum Gasteiger partial charge on any atom is -0.454 e. The molecule has 3 aromatic carbocycles. The van der Waals surface area contributed by atoms with Gasteiger partial charge in [-0.15, -0.1) is 0 Å². The third kappa shape index (κ3) is 4.80. The van der Waals surface area contributed by atoms with Crippen LogP contribution in [0.4, 0.5) is 5.69 Å². The Morgan fingerprint density at radius 1 is 0.903 bits per heavy atom. The average Bonchev–Trinajstić information content (AvgIpc) is 3.16. The lowest BCUT2D eigenvalue weighted by atomic mass is 10.1. The predicted octanol–water partition coefficient (Wildman–Crippen LogP) is 4.45. The number of anilines is 1. The third-order valence-corrected chi connectivity index (χ3v) is 4.98. The van der Waals surface area contributed by atoms with Crippen LogP contribution in [0.15, 0.2) is 78.9 Å². The van der Waals surface area contributed by atoms with E-state index in [0.717, 1.165) is 28.0 Å². The molecule has 4 rings (SSSR count). The Kier molecular flexibility index (Phi) is 6.08. The molecule has 6 heteroatoms. The fourth-order valence-electron chi connectivity index (χ4n) is 3.47. The van der Waals surface area contributed by atoms with Gasteiger partial charge in [-0.25, -0.2) is 4.98 Å². The molecule has 1 N–H and O–H groups in total. The number of carbonyl (C=O) groups excluding carboxylic acids is 2. The standard InChI is InChI=1S/C25H23N3O3/c1-2-23-27-21-10-6-7-11-22(21)28(23)16-25(30)31-17-24(29)26-20-14-12-19(13-15-20)18-8-4-3-5-9-18/h3-15H,2,16-17H2,1H3,(H,26,29). The number of esters is 1. The number of fused-ring (bicyclic) bond motifs is 1. The fourth-order valence-corrected chi connectivity index (χ4v) is 3.47. The number of aromatic nitrogens is 2. The van der Waals surface area contributed by atoms with Crippen LogP contribution >= 0.6 is 0 Å². The van der Waals surface area contributed by atoms with E-state index in [4.69, 9.17) is 4.74 Å². The van der Waals surface area contributed by atoms with E-state index in [1.807, 2.05) is 90.4 Å². The number of imidazole rings is 1. The van der Waals surface area contributed by atoms with Crippen LogP contribution in [0, 0.1) is 0 Å². The summed E-state index contributed by atoms with van der Waals surface area (Å²) < 4.78 is 7.02. The topological polar surface area (TPSA) is 73.2 Å². The first-order chi connectivity index (χ1) is 15.1. The minimum atomic E-state index is -0.479. The Hall–Kier alpha value is -3.93. The van der Waals surface area contributed by atoms with E-state index in [2.05, 4.69) is 10.3 Å². The molecule has 0 saturated heterocycles. The second-order valence-corrected chi connectivity index (χ2v) is 7.11. The van der Waals surface area contributed by atoms with Crippen LogP contribution in [0.1, 0.15) is 12.7 Å². The summed E-state index contributed by atoms with van der Waals surface area (Å²) in [6, 6.07) is 25.2. The molecule has 0 radical (unpaired) electrons. The van der Waals surface area contributed by atoms with Gasteiger partial charge in [-0.1, -0.05) is 61.5 Å². The van der Waals surface area contributed by atoms with Gasteiger partial charge < -0.3 is 14.6 Å². The van der Waals surface area contributed by atoms with Crippen LogP contribution in [0.25, 0.3) is 22.2 Å². The molecular weight excluding hydrogens is 390 g/mol. The van der Waals surface area contributed by atoms with Crippen LogP contribution in [0.3, 0.4) is 0 Å². The van der Waals surface area contributed by atoms with Gasteiger partial charge in [-0.2, -0.15) is 0 Å². The number of carbonyl (C=O) groups is 2. The molecule has 156 valence electrons. The summed E-state index contributed by atoms with van der Waals surface area (Å²) in [6.45, 7) is 1.66. The highest BCUT2D eigenvalue weighted by molar-refractivity contribution is 5.93. The Bertz CT molecular complexity index is 1200. The Morgan fingerprint density at radius 3 is 2.32 bits per heavy atom. The van der Waals surface area contributed by atoms with Gasteiger partial charge in [0.15, 0.2) is 6.61 Å². The Balaban J connectivity index is 1.32. The van der Waals surface area contributed by atoms with Crippen molar-refractivity contribution in [3.05, 3.63) is 84.7 Å². The van der Waals surface area contributed by atoms with Crippen molar-refractivity contribution in [3.63, 3.8) is 0 Å². The Labute approximate surface area is 180 Å². The summed E-state index contributed by atoms with van der Waals surface area (Å²) in [5, 5.41) is 2.75. The first-order valence-corrected chi connectivity index (χ1v) is 10.2. The highest BCUT2D eigenvalue weighted by atomic mass is 16.5. The summed E-state index contributed by atoms with van der Waals surface area (Å²) in [4.78, 5) is 29.1. The maximum atomic E-state index is 12.3. The maximum absolute atomic E-state index is 12.3. The summed E-state index contributed by atoms with van der Waals surface area (Å²) in [7, 11) is 0. The zero-order valence-electron chi connectivity index (χ0n) is 17.2. The molecule has 1 heterocycles. The van der Waals surface area contributed by atoms with Gasteiger partial charge in [0.05, 0.1) is 11.0 Å². The van der Waals surface area contributed by atoms with Gasteiger partial charge >= 0.3 is 5.97 Å². The lowest BCUT2D eigenvalue weighted by Gasteiger charge is -2.10. The van der Waals surface area contributed by atoms with Crippen molar-refractivity contribution in [2.24, 2.45) is 0 Å². The van der Waals surface area contributed by atoms with Crippen molar-refractivity contribution in [1.82, 2.24) is 9.55 Å². The fraction of sp³-hybridized carbons (Fsp3) is 0.160. The van der Waals surface area contributed by atoms with Crippen molar-refractivity contribution in [2.45, 2.75) is 19.9 Å². The number of rotatable bonds is 7. The van der Waals surface area contributed by atoms with E-state index < -0.39 is 5.97 Å². The maximum Gasteiger partial charge on any atom is 0.326 e. The molecule has 0 bridgehead atoms. The predicted molar refractivity (Wildman–Crippen MR) is 121 cm³/mol. The number of benzene rings is 3. The molecule has 0 aliphatic rings. The smallest absolute Gasteiger partial charge is 0.326 e. The molecule has 0 atom stereocenters. The molecule has 1 aromatic heterocycles. The largest absolute Gasteiger partial charge is 0.454 e. The molecule has 0 aliphatic carbocycles. The molecule has 4 aromatic rings. The number of nitrogens with zero attached hydrogens (tertiary/aromatic N) is 2. The van der Waals surface area contributed by atoms with Crippen LogP contribution in [-0.2, 0) is 27.3 Å². The average molecular weight is 413 g/mol. The van der Waals surface area contributed by atoms with Gasteiger partial charge in [0, 0.05) is 12.1 Å². The van der Waals surface area contributed by atoms with Crippen molar-refractivity contribution < 1.29 is 14.3 Å². The summed E-state index contributed by atoms with van der Waals surface area (Å²) in [5.74, 6) is -0.0550. The highest BCUT2D eigenvalue weighted by Gasteiger charge is 2.14. The van der Waals surface area contributed by atoms with Crippen molar-refractivity contribution in [1.29, 1.82) is 0 Å². The second kappa shape index (κ2) is 9.26. The molecule has 0 saturated carbocycles. The number of hydrogen-bond acceptors (Lipinski definition) is 4. The number of para-hydroxylation sites is 2. The number of amides is 1. The van der Waals surface area contributed by atoms with E-state index >= 15 is 0 Å². The molecular formula is C25H23N3O3. The quantitative estimate of drug-likeness (QED) is 0.455. The second-order valence-electron chi connectivity index (χ2n) is 7.11. The van der Waals surface area contributed by atoms with E-state index in [1.54, 1.807) is 0 Å². The minimum absolute atomic E-state index is 0.0166. The van der Waals surface area contributed by atoms with Crippen molar-refractivity contribution in [3.8, 4) is 11.1 Å². The van der Waals surface area contributed by atoms with Gasteiger partial charge in [-0.3, -0.25) is 9.59 Å². The highest BCUT2D eigenvalue weighted by Crippen LogP contribution is 2.21. The van der Waals surface area contributed by atoms with Gasteiger partial charge in [-0.05, 0) is 35.4 Å². The molecule has 0 aliphatic heterocycles. The molecule has 0 spiro atoms. The Morgan fingerprint density at radius 2 is 1.58 bits per heavy atom. The normalized spacial score (nSPS) is 10.7. The molecule has 0 unspecified atom stereocenters. The van der Waals surface area contributed by atoms with Gasteiger partial charge in [0.1, 0.15) is 12.4 Å². The van der Waals surface area contributed by atoms with Crippen LogP contribution < -0.4 is 5.32 Å². The molecule has 1 amide bonds. The molecule has 0 fully saturated rings. The van der Waals surface area contributed by atoms with Gasteiger partial charge in [0.25, 0.3) is 5.91 Å². The van der Waals surface area contributed by atoms with E-state index in [-0.39, 0.29) is 19.1 Å². The van der Waals surface area contributed by atoms with E-state index in [0.29, 0.717) is 12.1 Å². The van der Waals surface area contributed by atoms with E-state index in [9.17, 15) is 9.59 Å². The first-order valence-electron chi connectivity index (χ1n) is 10.2. The van der Waals surface area contributed by atoms with Crippen LogP contribution in [0.2, 0.25) is 0 Å². The lowest BCUT2D eigenvalue weighted by Crippen LogP contribution is -2.23. The zero-order chi connectivity index (χ0) is 21.6. The number of ether oxygens (including phenoxy) is 1. The van der Waals surface area contributed by atoms with Gasteiger partial charge in [0.2, 0.25) is 0 Å². The number of aryl methyl sites for hydroxylation is 1. The van der Waals surface area contributed by atoms with Crippen molar-refractivity contribution in [2.75, 3.05) is 11.9 Å². The molecule has 31 heavy (non-hydrogen) atoms. The summed E-state index contributed by atoms with van der Waals surface area (Å²) in [6.07, 6.45) is 0.696. The molecule has 6 nitrogen and oxygen atoms in total. The number of hydrogen-bond donors (Lipinski definition) is 1. The SMILES string of the molecule is CCc1nc2ccccc2n1CC(=O)OCC(=O)Nc1ccc(-c2ccccc2)cc1. The van der Waals surface area contributed by atoms with Crippen LogP contribution in [-0.4, -0.2) is 28.0 Å². The zero-order valence-corrected chi connectivity index (χ0v) is 17.2. The lowest BCUT2D eigenvalue weighted by molar-refractivity contribution is -0.147. The monoisotopic (exact) mass is 413 g/mol. The number of nitrogens with one attached hydrogen (secondary N) is 1. The third-order valence-electron chi connectivity index (χ3n) is 4.98.